The highest BCUT2D eigenvalue weighted by molar-refractivity contribution is 6.36. The Kier molecular flexibility index (Phi) is 4.63. The second-order valence-electron chi connectivity index (χ2n) is 4.33. The Morgan fingerprint density at radius 2 is 1.60 bits per heavy atom. The Morgan fingerprint density at radius 3 is 2.15 bits per heavy atom. The van der Waals surface area contributed by atoms with Crippen LogP contribution in [-0.2, 0) is 0 Å². The zero-order valence-electron chi connectivity index (χ0n) is 11.2. The molecule has 0 aliphatic carbocycles. The molecule has 1 aromatic carbocycles. The van der Waals surface area contributed by atoms with E-state index in [1.165, 1.54) is 0 Å². The molecule has 1 heterocycles. The predicted octanol–water partition coefficient (Wildman–Crippen LogP) is 5.49. The summed E-state index contributed by atoms with van der Waals surface area (Å²) in [7, 11) is 1.73. The molecule has 0 amide bonds. The number of ether oxygens (including phenoxy) is 1. The van der Waals surface area contributed by atoms with Crippen LogP contribution in [0.2, 0.25) is 15.1 Å². The smallest absolute Gasteiger partial charge is 0.240 e. The second kappa shape index (κ2) is 6.08. The summed E-state index contributed by atoms with van der Waals surface area (Å²) in [5.41, 5.74) is 1.82. The van der Waals surface area contributed by atoms with E-state index in [0.717, 1.165) is 11.1 Å². The number of anilines is 1. The molecular formula is C14H13Cl3N2O. The molecule has 0 unspecified atom stereocenters. The fraction of sp³-hybridized carbons (Fsp3) is 0.214. The van der Waals surface area contributed by atoms with Crippen LogP contribution in [0, 0.1) is 13.8 Å². The summed E-state index contributed by atoms with van der Waals surface area (Å²) in [6, 6.07) is 5.25. The van der Waals surface area contributed by atoms with Gasteiger partial charge in [-0.25, -0.2) is 0 Å². The number of nitrogens with one attached hydrogen (secondary N) is 1. The monoisotopic (exact) mass is 330 g/mol. The number of rotatable bonds is 3. The lowest BCUT2D eigenvalue weighted by Gasteiger charge is -2.14. The van der Waals surface area contributed by atoms with Gasteiger partial charge in [0.15, 0.2) is 0 Å². The molecule has 0 bridgehead atoms. The van der Waals surface area contributed by atoms with E-state index in [4.69, 9.17) is 39.5 Å². The molecule has 3 nitrogen and oxygen atoms in total. The van der Waals surface area contributed by atoms with Crippen LogP contribution >= 0.6 is 34.8 Å². The van der Waals surface area contributed by atoms with Gasteiger partial charge in [-0.1, -0.05) is 34.8 Å². The Balaban J connectivity index is 2.45. The van der Waals surface area contributed by atoms with Crippen molar-refractivity contribution >= 4 is 40.6 Å². The number of halogens is 3. The summed E-state index contributed by atoms with van der Waals surface area (Å²) in [5.74, 6) is 1.50. The summed E-state index contributed by atoms with van der Waals surface area (Å²) in [6.07, 6.45) is 0. The van der Waals surface area contributed by atoms with E-state index < -0.39 is 0 Å². The van der Waals surface area contributed by atoms with Gasteiger partial charge in [0.05, 0.1) is 5.02 Å². The van der Waals surface area contributed by atoms with E-state index in [9.17, 15) is 0 Å². The molecule has 1 aromatic heterocycles. The Bertz CT molecular complexity index is 636. The zero-order valence-corrected chi connectivity index (χ0v) is 13.5. The first-order chi connectivity index (χ1) is 9.42. The highest BCUT2D eigenvalue weighted by Gasteiger charge is 2.13. The predicted molar refractivity (Wildman–Crippen MR) is 84.8 cm³/mol. The van der Waals surface area contributed by atoms with Crippen molar-refractivity contribution in [1.82, 2.24) is 4.98 Å². The molecule has 0 radical (unpaired) electrons. The molecular weight excluding hydrogens is 319 g/mol. The van der Waals surface area contributed by atoms with Crippen molar-refractivity contribution in [2.24, 2.45) is 0 Å². The van der Waals surface area contributed by atoms with Crippen LogP contribution in [0.15, 0.2) is 18.2 Å². The third kappa shape index (κ3) is 3.11. The molecule has 0 aliphatic heterocycles. The Labute approximate surface area is 132 Å². The number of benzene rings is 1. The van der Waals surface area contributed by atoms with Crippen molar-refractivity contribution in [3.05, 3.63) is 44.4 Å². The van der Waals surface area contributed by atoms with E-state index in [2.05, 4.69) is 10.3 Å². The molecule has 0 spiro atoms. The van der Waals surface area contributed by atoms with Gasteiger partial charge in [0.2, 0.25) is 5.88 Å². The molecule has 0 fully saturated rings. The molecule has 2 rings (SSSR count). The number of hydrogen-bond donors (Lipinski definition) is 1. The van der Waals surface area contributed by atoms with Gasteiger partial charge in [-0.05, 0) is 43.2 Å². The molecule has 2 aromatic rings. The maximum atomic E-state index is 6.12. The van der Waals surface area contributed by atoms with Gasteiger partial charge in [0.25, 0.3) is 0 Å². The van der Waals surface area contributed by atoms with E-state index in [-0.39, 0.29) is 0 Å². The quantitative estimate of drug-likeness (QED) is 0.807. The lowest BCUT2D eigenvalue weighted by atomic mass is 10.1. The van der Waals surface area contributed by atoms with Gasteiger partial charge >= 0.3 is 0 Å². The van der Waals surface area contributed by atoms with Gasteiger partial charge in [-0.2, -0.15) is 4.98 Å². The largest absolute Gasteiger partial charge is 0.437 e. The van der Waals surface area contributed by atoms with Gasteiger partial charge < -0.3 is 10.1 Å². The van der Waals surface area contributed by atoms with E-state index >= 15 is 0 Å². The minimum Gasteiger partial charge on any atom is -0.437 e. The van der Waals surface area contributed by atoms with E-state index in [1.807, 2.05) is 26.0 Å². The molecule has 106 valence electrons. The standard InChI is InChI=1S/C14H13Cl3N2O/c1-7-4-9(15)5-8(2)12(7)20-14-11(17)6-10(16)13(18-3)19-14/h4-6H,1-3H3,(H,18,19). The number of aromatic nitrogens is 1. The molecule has 0 saturated heterocycles. The van der Waals surface area contributed by atoms with Crippen LogP contribution in [0.3, 0.4) is 0 Å². The topological polar surface area (TPSA) is 34.2 Å². The summed E-state index contributed by atoms with van der Waals surface area (Å²) in [6.45, 7) is 3.83. The summed E-state index contributed by atoms with van der Waals surface area (Å²) in [5, 5.41) is 4.34. The summed E-state index contributed by atoms with van der Waals surface area (Å²) < 4.78 is 5.82. The maximum absolute atomic E-state index is 6.12. The number of nitrogens with zero attached hydrogens (tertiary/aromatic N) is 1. The highest BCUT2D eigenvalue weighted by Crippen LogP contribution is 2.36. The van der Waals surface area contributed by atoms with Gasteiger partial charge in [-0.3, -0.25) is 0 Å². The molecule has 0 aliphatic rings. The van der Waals surface area contributed by atoms with Crippen LogP contribution in [0.1, 0.15) is 11.1 Å². The van der Waals surface area contributed by atoms with Crippen LogP contribution in [0.5, 0.6) is 11.6 Å². The van der Waals surface area contributed by atoms with Gasteiger partial charge in [0, 0.05) is 12.1 Å². The average Bonchev–Trinajstić information content (AvgIpc) is 2.35. The third-order valence-corrected chi connectivity index (χ3v) is 3.54. The van der Waals surface area contributed by atoms with Crippen molar-refractivity contribution in [3.8, 4) is 11.6 Å². The van der Waals surface area contributed by atoms with Crippen molar-refractivity contribution < 1.29 is 4.74 Å². The summed E-state index contributed by atoms with van der Waals surface area (Å²) in [4.78, 5) is 4.26. The minimum atomic E-state index is 0.300. The summed E-state index contributed by atoms with van der Waals surface area (Å²) >= 11 is 18.1. The van der Waals surface area contributed by atoms with Crippen molar-refractivity contribution in [2.75, 3.05) is 12.4 Å². The SMILES string of the molecule is CNc1nc(Oc2c(C)cc(Cl)cc2C)c(Cl)cc1Cl. The molecule has 20 heavy (non-hydrogen) atoms. The van der Waals surface area contributed by atoms with E-state index in [1.54, 1.807) is 13.1 Å². The fourth-order valence-corrected chi connectivity index (χ4v) is 2.67. The first-order valence-corrected chi connectivity index (χ1v) is 7.04. The Morgan fingerprint density at radius 1 is 1.00 bits per heavy atom. The van der Waals surface area contributed by atoms with Crippen LogP contribution in [0.25, 0.3) is 0 Å². The average molecular weight is 332 g/mol. The number of aryl methyl sites for hydroxylation is 2. The minimum absolute atomic E-state index is 0.300. The fourth-order valence-electron chi connectivity index (χ4n) is 1.85. The van der Waals surface area contributed by atoms with Crippen molar-refractivity contribution in [1.29, 1.82) is 0 Å². The Hall–Kier alpha value is -1.16. The third-order valence-electron chi connectivity index (χ3n) is 2.76. The second-order valence-corrected chi connectivity index (χ2v) is 5.58. The van der Waals surface area contributed by atoms with Gasteiger partial charge in [0.1, 0.15) is 16.6 Å². The first-order valence-electron chi connectivity index (χ1n) is 5.90. The maximum Gasteiger partial charge on any atom is 0.240 e. The van der Waals surface area contributed by atoms with Crippen molar-refractivity contribution in [3.63, 3.8) is 0 Å². The lowest BCUT2D eigenvalue weighted by molar-refractivity contribution is 0.457. The van der Waals surface area contributed by atoms with Crippen LogP contribution < -0.4 is 10.1 Å². The molecule has 6 heteroatoms. The van der Waals surface area contributed by atoms with Crippen LogP contribution in [-0.4, -0.2) is 12.0 Å². The van der Waals surface area contributed by atoms with Crippen molar-refractivity contribution in [2.45, 2.75) is 13.8 Å². The molecule has 0 saturated carbocycles. The lowest BCUT2D eigenvalue weighted by Crippen LogP contribution is -1.98. The molecule has 1 N–H and O–H groups in total. The van der Waals surface area contributed by atoms with E-state index in [0.29, 0.717) is 32.5 Å². The molecule has 0 atom stereocenters. The number of hydrogen-bond acceptors (Lipinski definition) is 3. The number of pyridine rings is 1. The van der Waals surface area contributed by atoms with Crippen LogP contribution in [0.4, 0.5) is 5.82 Å². The highest BCUT2D eigenvalue weighted by atomic mass is 35.5. The van der Waals surface area contributed by atoms with Gasteiger partial charge in [-0.15, -0.1) is 0 Å². The zero-order chi connectivity index (χ0) is 14.9. The first kappa shape index (κ1) is 15.2. The normalized spacial score (nSPS) is 10.5.